The first kappa shape index (κ1) is 22.1. The Bertz CT molecular complexity index is 1140. The fourth-order valence-corrected chi connectivity index (χ4v) is 4.59. The lowest BCUT2D eigenvalue weighted by Gasteiger charge is -2.28. The molecule has 1 heterocycles. The molecule has 1 fully saturated rings. The number of rotatable bonds is 7. The lowest BCUT2D eigenvalue weighted by atomic mass is 9.78. The number of methoxy groups -OCH3 is 1. The summed E-state index contributed by atoms with van der Waals surface area (Å²) in [5.41, 5.74) is 1.06. The molecule has 1 amide bonds. The summed E-state index contributed by atoms with van der Waals surface area (Å²) in [6, 6.07) is 14.9. The smallest absolute Gasteiger partial charge is 0.345 e. The van der Waals surface area contributed by atoms with E-state index >= 15 is 0 Å². The van der Waals surface area contributed by atoms with Crippen LogP contribution >= 0.6 is 11.6 Å². The van der Waals surface area contributed by atoms with Gasteiger partial charge >= 0.3 is 5.69 Å². The van der Waals surface area contributed by atoms with Crippen LogP contribution in [-0.4, -0.2) is 33.9 Å². The molecule has 0 atom stereocenters. The lowest BCUT2D eigenvalue weighted by molar-refractivity contribution is -0.126. The maximum atomic E-state index is 13.2. The predicted octanol–water partition coefficient (Wildman–Crippen LogP) is 3.54. The standard InChI is InChI=1S/C24H27ClN4O3/c1-28-21(17-5-11-20(32-2)12-6-17)27-29(23(28)31)16-15-26-22(30)24(13-3-4-14-24)18-7-9-19(25)10-8-18/h5-12H,3-4,13-16H2,1-2H3,(H,26,30). The Morgan fingerprint density at radius 2 is 1.78 bits per heavy atom. The van der Waals surface area contributed by atoms with Crippen LogP contribution in [0.3, 0.4) is 0 Å². The number of carbonyl (C=O) groups excluding carboxylic acids is 1. The van der Waals surface area contributed by atoms with Crippen molar-refractivity contribution in [1.82, 2.24) is 19.7 Å². The van der Waals surface area contributed by atoms with Crippen LogP contribution in [-0.2, 0) is 23.8 Å². The average Bonchev–Trinajstić information content (AvgIpc) is 3.41. The second-order valence-corrected chi connectivity index (χ2v) is 8.61. The molecule has 2 aromatic carbocycles. The predicted molar refractivity (Wildman–Crippen MR) is 124 cm³/mol. The van der Waals surface area contributed by atoms with Crippen LogP contribution in [0.4, 0.5) is 0 Å². The normalized spacial score (nSPS) is 15.0. The highest BCUT2D eigenvalue weighted by Crippen LogP contribution is 2.41. The highest BCUT2D eigenvalue weighted by molar-refractivity contribution is 6.30. The van der Waals surface area contributed by atoms with Gasteiger partial charge in [-0.25, -0.2) is 9.48 Å². The average molecular weight is 455 g/mol. The Labute approximate surface area is 192 Å². The molecule has 1 N–H and O–H groups in total. The third-order valence-corrected chi connectivity index (χ3v) is 6.54. The molecule has 0 radical (unpaired) electrons. The van der Waals surface area contributed by atoms with Crippen LogP contribution in [0.2, 0.25) is 5.02 Å². The first-order valence-corrected chi connectivity index (χ1v) is 11.1. The summed E-state index contributed by atoms with van der Waals surface area (Å²) in [6.45, 7) is 0.623. The molecule has 8 heteroatoms. The highest BCUT2D eigenvalue weighted by atomic mass is 35.5. The van der Waals surface area contributed by atoms with E-state index in [1.807, 2.05) is 48.5 Å². The summed E-state index contributed by atoms with van der Waals surface area (Å²) >= 11 is 6.04. The van der Waals surface area contributed by atoms with Crippen LogP contribution < -0.4 is 15.7 Å². The molecule has 0 bridgehead atoms. The van der Waals surface area contributed by atoms with Gasteiger partial charge < -0.3 is 10.1 Å². The fraction of sp³-hybridized carbons (Fsp3) is 0.375. The summed E-state index contributed by atoms with van der Waals surface area (Å²) in [7, 11) is 3.30. The van der Waals surface area contributed by atoms with Crippen molar-refractivity contribution in [3.8, 4) is 17.1 Å². The Hall–Kier alpha value is -3.06. The number of nitrogens with zero attached hydrogens (tertiary/aromatic N) is 3. The molecule has 0 unspecified atom stereocenters. The molecule has 32 heavy (non-hydrogen) atoms. The summed E-state index contributed by atoms with van der Waals surface area (Å²) in [5.74, 6) is 1.30. The molecule has 3 aromatic rings. The van der Waals surface area contributed by atoms with Crippen molar-refractivity contribution in [2.75, 3.05) is 13.7 Å². The van der Waals surface area contributed by atoms with Gasteiger partial charge in [-0.3, -0.25) is 9.36 Å². The minimum absolute atomic E-state index is 0.00307. The molecule has 7 nitrogen and oxygen atoms in total. The summed E-state index contributed by atoms with van der Waals surface area (Å²) < 4.78 is 8.09. The molecule has 1 saturated carbocycles. The number of amides is 1. The van der Waals surface area contributed by atoms with Crippen molar-refractivity contribution in [1.29, 1.82) is 0 Å². The molecule has 1 aliphatic rings. The van der Waals surface area contributed by atoms with Crippen LogP contribution in [0.1, 0.15) is 31.2 Å². The number of carbonyl (C=O) groups is 1. The van der Waals surface area contributed by atoms with Crippen molar-refractivity contribution in [2.45, 2.75) is 37.6 Å². The van der Waals surface area contributed by atoms with Crippen molar-refractivity contribution >= 4 is 17.5 Å². The van der Waals surface area contributed by atoms with Gasteiger partial charge in [0.25, 0.3) is 0 Å². The monoisotopic (exact) mass is 454 g/mol. The molecule has 1 aliphatic carbocycles. The first-order chi connectivity index (χ1) is 15.4. The zero-order valence-corrected chi connectivity index (χ0v) is 19.1. The number of hydrogen-bond donors (Lipinski definition) is 1. The number of halogens is 1. The van der Waals surface area contributed by atoms with Crippen molar-refractivity contribution in [2.24, 2.45) is 7.05 Å². The number of hydrogen-bond acceptors (Lipinski definition) is 4. The van der Waals surface area contributed by atoms with E-state index in [0.29, 0.717) is 23.9 Å². The SMILES string of the molecule is COc1ccc(-c2nn(CCNC(=O)C3(c4ccc(Cl)cc4)CCCC3)c(=O)n2C)cc1. The maximum absolute atomic E-state index is 13.2. The summed E-state index contributed by atoms with van der Waals surface area (Å²) in [5, 5.41) is 8.17. The van der Waals surface area contributed by atoms with Gasteiger partial charge in [-0.1, -0.05) is 36.6 Å². The molecule has 4 rings (SSSR count). The molecule has 0 saturated heterocycles. The van der Waals surface area contributed by atoms with Gasteiger partial charge in [0, 0.05) is 24.2 Å². The first-order valence-electron chi connectivity index (χ1n) is 10.8. The Balaban J connectivity index is 1.46. The quantitative estimate of drug-likeness (QED) is 0.592. The largest absolute Gasteiger partial charge is 0.497 e. The second kappa shape index (κ2) is 9.20. The van der Waals surface area contributed by atoms with E-state index in [9.17, 15) is 9.59 Å². The number of ether oxygens (including phenoxy) is 1. The van der Waals surface area contributed by atoms with Gasteiger partial charge in [0.2, 0.25) is 5.91 Å². The lowest BCUT2D eigenvalue weighted by Crippen LogP contribution is -2.44. The zero-order valence-electron chi connectivity index (χ0n) is 18.3. The molecule has 0 aliphatic heterocycles. The third-order valence-electron chi connectivity index (χ3n) is 6.29. The topological polar surface area (TPSA) is 78.2 Å². The summed E-state index contributed by atoms with van der Waals surface area (Å²) in [4.78, 5) is 25.9. The Morgan fingerprint density at radius 3 is 2.41 bits per heavy atom. The Morgan fingerprint density at radius 1 is 1.12 bits per heavy atom. The number of nitrogens with one attached hydrogen (secondary N) is 1. The zero-order chi connectivity index (χ0) is 22.7. The number of aromatic nitrogens is 3. The summed E-state index contributed by atoms with van der Waals surface area (Å²) in [6.07, 6.45) is 3.65. The van der Waals surface area contributed by atoms with E-state index < -0.39 is 5.41 Å². The third kappa shape index (κ3) is 4.17. The van der Waals surface area contributed by atoms with E-state index in [0.717, 1.165) is 42.6 Å². The minimum Gasteiger partial charge on any atom is -0.497 e. The fourth-order valence-electron chi connectivity index (χ4n) is 4.46. The van der Waals surface area contributed by atoms with E-state index in [2.05, 4.69) is 10.4 Å². The van der Waals surface area contributed by atoms with Gasteiger partial charge in [0.05, 0.1) is 19.1 Å². The van der Waals surface area contributed by atoms with Gasteiger partial charge in [-0.15, -0.1) is 5.10 Å². The molecular formula is C24H27ClN4O3. The van der Waals surface area contributed by atoms with Crippen LogP contribution in [0.25, 0.3) is 11.4 Å². The van der Waals surface area contributed by atoms with Gasteiger partial charge in [0.1, 0.15) is 5.75 Å². The van der Waals surface area contributed by atoms with E-state index in [4.69, 9.17) is 16.3 Å². The van der Waals surface area contributed by atoms with Crippen molar-refractivity contribution in [3.63, 3.8) is 0 Å². The van der Waals surface area contributed by atoms with Crippen LogP contribution in [0.5, 0.6) is 5.75 Å². The second-order valence-electron chi connectivity index (χ2n) is 8.17. The van der Waals surface area contributed by atoms with E-state index in [1.54, 1.807) is 14.2 Å². The number of benzene rings is 2. The van der Waals surface area contributed by atoms with Gasteiger partial charge in [-0.05, 0) is 54.8 Å². The van der Waals surface area contributed by atoms with Crippen LogP contribution in [0, 0.1) is 0 Å². The van der Waals surface area contributed by atoms with Crippen LogP contribution in [0.15, 0.2) is 53.3 Å². The maximum Gasteiger partial charge on any atom is 0.345 e. The van der Waals surface area contributed by atoms with E-state index in [1.165, 1.54) is 9.25 Å². The molecule has 168 valence electrons. The van der Waals surface area contributed by atoms with E-state index in [-0.39, 0.29) is 11.6 Å². The van der Waals surface area contributed by atoms with Gasteiger partial charge in [0.15, 0.2) is 5.82 Å². The Kier molecular flexibility index (Phi) is 6.37. The van der Waals surface area contributed by atoms with Crippen molar-refractivity contribution < 1.29 is 9.53 Å². The van der Waals surface area contributed by atoms with Gasteiger partial charge in [-0.2, -0.15) is 0 Å². The van der Waals surface area contributed by atoms with Crippen molar-refractivity contribution in [3.05, 3.63) is 69.6 Å². The molecule has 0 spiro atoms. The highest BCUT2D eigenvalue weighted by Gasteiger charge is 2.42. The molecular weight excluding hydrogens is 428 g/mol. The molecule has 1 aromatic heterocycles. The minimum atomic E-state index is -0.534.